The zero-order valence-corrected chi connectivity index (χ0v) is 42.9. The molecule has 0 aliphatic carbocycles. The number of rotatable bonds is 10. The van der Waals surface area contributed by atoms with Gasteiger partial charge in [0.15, 0.2) is 11.6 Å². The van der Waals surface area contributed by atoms with Crippen molar-refractivity contribution in [3.05, 3.63) is 182 Å². The Hall–Kier alpha value is -5.96. The molecule has 2 aromatic heterocycles. The van der Waals surface area contributed by atoms with Gasteiger partial charge < -0.3 is 29.8 Å². The van der Waals surface area contributed by atoms with Crippen molar-refractivity contribution in [3.8, 4) is 0 Å². The minimum Gasteiger partial charge on any atom is -0.512 e. The number of fused-ring (bicyclic) bond motifs is 2. The van der Waals surface area contributed by atoms with Crippen LogP contribution in [0.3, 0.4) is 0 Å². The molecule has 0 fully saturated rings. The quantitative estimate of drug-likeness (QED) is 0.0767. The summed E-state index contributed by atoms with van der Waals surface area (Å²) in [4.78, 5) is 47.5. The van der Waals surface area contributed by atoms with Crippen LogP contribution in [0.25, 0.3) is 0 Å². The largest absolute Gasteiger partial charge is 2.00 e. The van der Waals surface area contributed by atoms with Crippen LogP contribution in [0.1, 0.15) is 66.8 Å². The van der Waals surface area contributed by atoms with Crippen molar-refractivity contribution in [2.24, 2.45) is 11.8 Å². The topological polar surface area (TPSA) is 139 Å². The summed E-state index contributed by atoms with van der Waals surface area (Å²) in [5.41, 5.74) is 6.07. The number of ketones is 2. The van der Waals surface area contributed by atoms with Crippen LogP contribution in [-0.4, -0.2) is 41.7 Å². The van der Waals surface area contributed by atoms with Crippen LogP contribution in [0.15, 0.2) is 145 Å². The van der Waals surface area contributed by atoms with Crippen LogP contribution in [0.4, 0.5) is 46.0 Å². The van der Waals surface area contributed by atoms with Gasteiger partial charge in [-0.25, -0.2) is 19.9 Å². The molecular weight excluding hydrogens is 1190 g/mol. The van der Waals surface area contributed by atoms with E-state index in [1.807, 2.05) is 116 Å². The van der Waals surface area contributed by atoms with E-state index in [9.17, 15) is 9.59 Å². The molecule has 66 heavy (non-hydrogen) atoms. The molecule has 8 rings (SSSR count). The molecule has 0 atom stereocenters. The van der Waals surface area contributed by atoms with Gasteiger partial charge in [0, 0.05) is 23.5 Å². The van der Waals surface area contributed by atoms with E-state index in [0.717, 1.165) is 70.3 Å². The number of anilines is 8. The zero-order valence-electron chi connectivity index (χ0n) is 38.3. The third-order valence-corrected chi connectivity index (χ3v) is 8.98. The van der Waals surface area contributed by atoms with E-state index in [1.165, 1.54) is 39.8 Å². The van der Waals surface area contributed by atoms with Crippen LogP contribution >= 0.6 is 0 Å². The number of carbonyl (C=O) groups is 2. The normalized spacial score (nSPS) is 12.6. The molecule has 0 radical (unpaired) electrons. The van der Waals surface area contributed by atoms with E-state index < -0.39 is 0 Å². The van der Waals surface area contributed by atoms with Crippen molar-refractivity contribution in [2.45, 2.75) is 68.2 Å². The Morgan fingerprint density at radius 3 is 1.23 bits per heavy atom. The van der Waals surface area contributed by atoms with Crippen LogP contribution in [0, 0.1) is 37.3 Å². The summed E-state index contributed by atoms with van der Waals surface area (Å²) in [6, 6.07) is 42.8. The summed E-state index contributed by atoms with van der Waals surface area (Å²) in [5.74, 6) is 4.35. The second-order valence-corrected chi connectivity index (χ2v) is 15.9. The minimum absolute atomic E-state index is 0. The second kappa shape index (κ2) is 26.9. The fourth-order valence-electron chi connectivity index (χ4n) is 6.53. The van der Waals surface area contributed by atoms with E-state index in [2.05, 4.69) is 78.8 Å². The number of hydrogen-bond donors (Lipinski definition) is 2. The van der Waals surface area contributed by atoms with Gasteiger partial charge in [-0.05, 0) is 76.6 Å². The van der Waals surface area contributed by atoms with Crippen molar-refractivity contribution in [3.63, 3.8) is 0 Å². The zero-order chi connectivity index (χ0) is 46.2. The van der Waals surface area contributed by atoms with Gasteiger partial charge in [0.05, 0.1) is 35.3 Å². The Balaban J connectivity index is 0.000000267. The SMILES string of the molecule is CC(=O)C=C(C)O.CC(=O)C=C(C)O.CC(C)Cc1cnc2c(n1)N(c1[c-]cccc1)[CH-]N2c1ccccc1.CC(C)Cc1cnc2c(n1)N(c1ccccc1)[CH-]N2c1[c-]cccc1.[Pt+2].[Pt+2]. The molecule has 14 heteroatoms. The molecule has 0 spiro atoms. The van der Waals surface area contributed by atoms with Crippen LogP contribution < -0.4 is 19.6 Å². The van der Waals surface area contributed by atoms with Gasteiger partial charge >= 0.3 is 42.1 Å². The van der Waals surface area contributed by atoms with Crippen LogP contribution in [-0.2, 0) is 64.6 Å². The van der Waals surface area contributed by atoms with Crippen LogP contribution in [0.5, 0.6) is 0 Å². The Labute approximate surface area is 418 Å². The first-order chi connectivity index (χ1) is 30.7. The molecule has 12 nitrogen and oxygen atoms in total. The fraction of sp³-hybridized carbons (Fsp3) is 0.231. The summed E-state index contributed by atoms with van der Waals surface area (Å²) >= 11 is 0. The first-order valence-corrected chi connectivity index (χ1v) is 21.1. The molecule has 4 heterocycles. The number of allylic oxidation sites excluding steroid dienone is 4. The van der Waals surface area contributed by atoms with E-state index in [4.69, 9.17) is 30.1 Å². The van der Waals surface area contributed by atoms with Crippen molar-refractivity contribution < 1.29 is 61.9 Å². The number of aromatic nitrogens is 4. The maximum Gasteiger partial charge on any atom is 2.00 e. The second-order valence-electron chi connectivity index (χ2n) is 15.9. The summed E-state index contributed by atoms with van der Waals surface area (Å²) in [7, 11) is 0. The number of carbonyl (C=O) groups excluding carboxylic acids is 2. The minimum atomic E-state index is -0.125. The molecule has 2 aliphatic heterocycles. The summed E-state index contributed by atoms with van der Waals surface area (Å²) < 4.78 is 0. The predicted octanol–water partition coefficient (Wildman–Crippen LogP) is 11.8. The molecule has 0 saturated carbocycles. The van der Waals surface area contributed by atoms with E-state index in [1.54, 1.807) is 0 Å². The number of hydrogen-bond acceptors (Lipinski definition) is 12. The summed E-state index contributed by atoms with van der Waals surface area (Å²) in [6.45, 7) is 18.5. The third-order valence-electron chi connectivity index (χ3n) is 8.98. The monoisotopic (exact) mass is 1250 g/mol. The van der Waals surface area contributed by atoms with Crippen molar-refractivity contribution in [2.75, 3.05) is 19.6 Å². The maximum atomic E-state index is 10.0. The Kier molecular flexibility index (Phi) is 22.1. The Bertz CT molecular complexity index is 2310. The molecule has 6 aromatic rings. The number of nitrogens with zero attached hydrogens (tertiary/aromatic N) is 8. The molecule has 0 unspecified atom stereocenters. The van der Waals surface area contributed by atoms with Gasteiger partial charge in [-0.2, -0.15) is 60.7 Å². The Morgan fingerprint density at radius 2 is 0.894 bits per heavy atom. The standard InChI is InChI=1S/2C21H20N4.2C5H8O2.2Pt/c2*1-16(2)13-17-14-22-20-21(23-17)25(19-11-7-4-8-12-19)15-24(20)18-9-5-3-6-10-18;2*1-4(6)3-5(2)7;;/h3-9,11-12,14-16H,13H2,1-2H3;3-11,14-16H,13H2,1-2H3;2*3,6H,1-2H3;;/q2*-2;;;2*+2. The van der Waals surface area contributed by atoms with E-state index >= 15 is 0 Å². The first-order valence-electron chi connectivity index (χ1n) is 21.1. The fourth-order valence-corrected chi connectivity index (χ4v) is 6.53. The first kappa shape index (κ1) is 54.4. The number of benzene rings is 4. The van der Waals surface area contributed by atoms with Gasteiger partial charge in [0.1, 0.15) is 23.3 Å². The molecule has 348 valence electrons. The van der Waals surface area contributed by atoms with Gasteiger partial charge in [0.25, 0.3) is 0 Å². The smallest absolute Gasteiger partial charge is 0.512 e. The van der Waals surface area contributed by atoms with Crippen molar-refractivity contribution in [1.82, 2.24) is 19.9 Å². The Morgan fingerprint density at radius 1 is 0.545 bits per heavy atom. The summed E-state index contributed by atoms with van der Waals surface area (Å²) in [6.07, 6.45) is 7.94. The average molecular weight is 1250 g/mol. The summed E-state index contributed by atoms with van der Waals surface area (Å²) in [5, 5.41) is 16.7. The molecule has 4 aromatic carbocycles. The maximum absolute atomic E-state index is 10.0. The van der Waals surface area contributed by atoms with Gasteiger partial charge in [0.2, 0.25) is 0 Å². The van der Waals surface area contributed by atoms with Gasteiger partial charge in [-0.3, -0.25) is 9.59 Å². The predicted molar refractivity (Wildman–Crippen MR) is 256 cm³/mol. The van der Waals surface area contributed by atoms with Crippen molar-refractivity contribution >= 4 is 57.6 Å². The molecule has 2 aliphatic rings. The number of aliphatic hydroxyl groups excluding tert-OH is 2. The number of aliphatic hydroxyl groups is 2. The average Bonchev–Trinajstić information content (AvgIpc) is 3.83. The molecule has 0 amide bonds. The molecule has 0 saturated heterocycles. The van der Waals surface area contributed by atoms with E-state index in [0.29, 0.717) is 11.8 Å². The number of para-hydroxylation sites is 4. The third kappa shape index (κ3) is 16.2. The van der Waals surface area contributed by atoms with Gasteiger partial charge in [-0.15, -0.1) is 24.7 Å². The van der Waals surface area contributed by atoms with Gasteiger partial charge in [-0.1, -0.05) is 64.1 Å². The van der Waals surface area contributed by atoms with E-state index in [-0.39, 0.29) is 65.2 Å². The van der Waals surface area contributed by atoms with Crippen LogP contribution in [0.2, 0.25) is 0 Å². The molecular formula is C52H56N8O4Pt2. The molecule has 2 N–H and O–H groups in total. The molecule has 0 bridgehead atoms. The van der Waals surface area contributed by atoms with Crippen molar-refractivity contribution in [1.29, 1.82) is 0 Å².